The van der Waals surface area contributed by atoms with Crippen LogP contribution >= 0.6 is 0 Å². The lowest BCUT2D eigenvalue weighted by molar-refractivity contribution is 0.541. The lowest BCUT2D eigenvalue weighted by atomic mass is 10.2. The molecule has 0 atom stereocenters. The molecular formula is C16H15F2N5O3S. The summed E-state index contributed by atoms with van der Waals surface area (Å²) in [6, 6.07) is 5.42. The van der Waals surface area contributed by atoms with E-state index in [4.69, 9.17) is 0 Å². The van der Waals surface area contributed by atoms with Gasteiger partial charge in [0.2, 0.25) is 10.0 Å². The van der Waals surface area contributed by atoms with E-state index in [-0.39, 0.29) is 18.7 Å². The van der Waals surface area contributed by atoms with Crippen molar-refractivity contribution in [2.24, 2.45) is 0 Å². The first-order valence-corrected chi connectivity index (χ1v) is 9.47. The molecule has 3 rings (SSSR count). The Morgan fingerprint density at radius 3 is 2.70 bits per heavy atom. The van der Waals surface area contributed by atoms with E-state index in [2.05, 4.69) is 14.8 Å². The summed E-state index contributed by atoms with van der Waals surface area (Å²) in [6.45, 7) is -0.175. The predicted octanol–water partition coefficient (Wildman–Crippen LogP) is 0.827. The zero-order valence-corrected chi connectivity index (χ0v) is 14.7. The molecule has 0 fully saturated rings. The third-order valence-corrected chi connectivity index (χ3v) is 4.96. The monoisotopic (exact) mass is 395 g/mol. The van der Waals surface area contributed by atoms with Gasteiger partial charge in [0, 0.05) is 30.6 Å². The van der Waals surface area contributed by atoms with Crippen molar-refractivity contribution >= 4 is 10.0 Å². The van der Waals surface area contributed by atoms with Gasteiger partial charge in [-0.05, 0) is 24.3 Å². The Hall–Kier alpha value is -2.92. The van der Waals surface area contributed by atoms with Crippen molar-refractivity contribution in [2.45, 2.75) is 12.3 Å². The van der Waals surface area contributed by atoms with Gasteiger partial charge in [-0.25, -0.2) is 31.6 Å². The molecule has 3 aromatic rings. The highest BCUT2D eigenvalue weighted by Crippen LogP contribution is 2.12. The highest BCUT2D eigenvalue weighted by Gasteiger charge is 2.15. The maximum atomic E-state index is 13.6. The van der Waals surface area contributed by atoms with Crippen molar-refractivity contribution in [3.63, 3.8) is 0 Å². The summed E-state index contributed by atoms with van der Waals surface area (Å²) in [4.78, 5) is 15.8. The van der Waals surface area contributed by atoms with Crippen LogP contribution in [0.15, 0.2) is 53.8 Å². The van der Waals surface area contributed by atoms with Crippen LogP contribution in [0.1, 0.15) is 5.56 Å². The number of imidazole rings is 1. The molecule has 2 heterocycles. The Morgan fingerprint density at radius 1 is 1.15 bits per heavy atom. The number of nitrogens with one attached hydrogen (secondary N) is 1. The van der Waals surface area contributed by atoms with E-state index in [1.54, 1.807) is 17.0 Å². The highest BCUT2D eigenvalue weighted by atomic mass is 32.2. The summed E-state index contributed by atoms with van der Waals surface area (Å²) in [5.41, 5.74) is -0.686. The second-order valence-corrected chi connectivity index (χ2v) is 7.42. The maximum absolute atomic E-state index is 13.6. The summed E-state index contributed by atoms with van der Waals surface area (Å²) in [6.07, 6.45) is 4.71. The minimum Gasteiger partial charge on any atom is -0.289 e. The Balaban J connectivity index is 1.66. The van der Waals surface area contributed by atoms with Gasteiger partial charge in [-0.1, -0.05) is 0 Å². The van der Waals surface area contributed by atoms with Gasteiger partial charge < -0.3 is 0 Å². The largest absolute Gasteiger partial charge is 0.289 e. The van der Waals surface area contributed by atoms with Crippen molar-refractivity contribution < 1.29 is 17.2 Å². The minimum absolute atomic E-state index is 0.0355. The average Bonchev–Trinajstić information content (AvgIpc) is 3.14. The fraction of sp³-hybridized carbons (Fsp3) is 0.188. The minimum atomic E-state index is -3.93. The van der Waals surface area contributed by atoms with Crippen LogP contribution in [-0.2, 0) is 22.3 Å². The molecule has 0 radical (unpaired) electrons. The second kappa shape index (κ2) is 7.76. The van der Waals surface area contributed by atoms with Gasteiger partial charge in [-0.15, -0.1) is 0 Å². The molecule has 0 unspecified atom stereocenters. The smallest absolute Gasteiger partial charge is 0.266 e. The molecule has 1 aromatic carbocycles. The van der Waals surface area contributed by atoms with Crippen LogP contribution in [0.25, 0.3) is 5.82 Å². The molecule has 0 amide bonds. The lowest BCUT2D eigenvalue weighted by Crippen LogP contribution is -2.33. The molecule has 27 heavy (non-hydrogen) atoms. The number of hydrogen-bond donors (Lipinski definition) is 1. The SMILES string of the molecule is O=c1ccc(-n2ccnc2)nn1CCNS(=O)(=O)Cc1cc(F)ccc1F. The van der Waals surface area contributed by atoms with Crippen LogP contribution < -0.4 is 10.3 Å². The summed E-state index contributed by atoms with van der Waals surface area (Å²) in [5.74, 6) is -1.81. The number of halogens is 2. The molecule has 1 N–H and O–H groups in total. The molecule has 0 spiro atoms. The van der Waals surface area contributed by atoms with Crippen LogP contribution in [-0.4, -0.2) is 34.3 Å². The number of rotatable bonds is 7. The third kappa shape index (κ3) is 4.83. The summed E-state index contributed by atoms with van der Waals surface area (Å²) in [5, 5.41) is 4.13. The predicted molar refractivity (Wildman–Crippen MR) is 92.6 cm³/mol. The lowest BCUT2D eigenvalue weighted by Gasteiger charge is -2.10. The van der Waals surface area contributed by atoms with E-state index < -0.39 is 33.0 Å². The van der Waals surface area contributed by atoms with E-state index in [0.717, 1.165) is 22.9 Å². The highest BCUT2D eigenvalue weighted by molar-refractivity contribution is 7.88. The fourth-order valence-corrected chi connectivity index (χ4v) is 3.48. The molecule has 2 aromatic heterocycles. The molecule has 11 heteroatoms. The van der Waals surface area contributed by atoms with Crippen LogP contribution in [0.5, 0.6) is 0 Å². The normalized spacial score (nSPS) is 11.6. The number of hydrogen-bond acceptors (Lipinski definition) is 5. The van der Waals surface area contributed by atoms with E-state index >= 15 is 0 Å². The van der Waals surface area contributed by atoms with Crippen molar-refractivity contribution in [3.05, 3.63) is 76.6 Å². The number of nitrogens with zero attached hydrogens (tertiary/aromatic N) is 4. The van der Waals surface area contributed by atoms with Crippen LogP contribution in [0, 0.1) is 11.6 Å². The zero-order chi connectivity index (χ0) is 19.4. The molecule has 142 valence electrons. The second-order valence-electron chi connectivity index (χ2n) is 5.61. The first-order valence-electron chi connectivity index (χ1n) is 7.82. The van der Waals surface area contributed by atoms with Crippen molar-refractivity contribution in [3.8, 4) is 5.82 Å². The average molecular weight is 395 g/mol. The van der Waals surface area contributed by atoms with Gasteiger partial charge >= 0.3 is 0 Å². The van der Waals surface area contributed by atoms with Crippen LogP contribution in [0.2, 0.25) is 0 Å². The van der Waals surface area contributed by atoms with Gasteiger partial charge in [0.15, 0.2) is 5.82 Å². The first kappa shape index (κ1) is 18.9. The van der Waals surface area contributed by atoms with E-state index in [0.29, 0.717) is 5.82 Å². The van der Waals surface area contributed by atoms with E-state index in [1.807, 2.05) is 0 Å². The topological polar surface area (TPSA) is 98.9 Å². The van der Waals surface area contributed by atoms with Gasteiger partial charge in [0.05, 0.1) is 12.3 Å². The maximum Gasteiger partial charge on any atom is 0.266 e. The van der Waals surface area contributed by atoms with E-state index in [1.165, 1.54) is 18.5 Å². The van der Waals surface area contributed by atoms with Crippen LogP contribution in [0.4, 0.5) is 8.78 Å². The standard InChI is InChI=1S/C16H15F2N5O3S/c17-13-1-2-14(18)12(9-13)10-27(25,26)20-6-8-23-16(24)4-3-15(21-23)22-7-5-19-11-22/h1-5,7,9,11,20H,6,8,10H2. The number of aromatic nitrogens is 4. The molecular weight excluding hydrogens is 380 g/mol. The van der Waals surface area contributed by atoms with E-state index in [9.17, 15) is 22.0 Å². The quantitative estimate of drug-likeness (QED) is 0.639. The van der Waals surface area contributed by atoms with Crippen molar-refractivity contribution in [2.75, 3.05) is 6.54 Å². The molecule has 0 saturated carbocycles. The van der Waals surface area contributed by atoms with Gasteiger partial charge in [-0.3, -0.25) is 9.36 Å². The number of sulfonamides is 1. The van der Waals surface area contributed by atoms with Gasteiger partial charge in [0.25, 0.3) is 5.56 Å². The van der Waals surface area contributed by atoms with Crippen molar-refractivity contribution in [1.82, 2.24) is 24.1 Å². The molecule has 0 saturated heterocycles. The summed E-state index contributed by atoms with van der Waals surface area (Å²) in [7, 11) is -3.93. The fourth-order valence-electron chi connectivity index (χ4n) is 2.35. The van der Waals surface area contributed by atoms with Gasteiger partial charge in [-0.2, -0.15) is 5.10 Å². The zero-order valence-electron chi connectivity index (χ0n) is 13.9. The van der Waals surface area contributed by atoms with Crippen LogP contribution in [0.3, 0.4) is 0 Å². The summed E-state index contributed by atoms with van der Waals surface area (Å²) < 4.78 is 55.8. The molecule has 0 aliphatic carbocycles. The Morgan fingerprint density at radius 2 is 1.96 bits per heavy atom. The third-order valence-electron chi connectivity index (χ3n) is 3.62. The van der Waals surface area contributed by atoms with Crippen molar-refractivity contribution in [1.29, 1.82) is 0 Å². The first-order chi connectivity index (χ1) is 12.8. The Bertz CT molecular complexity index is 1100. The Labute approximate surface area is 153 Å². The summed E-state index contributed by atoms with van der Waals surface area (Å²) >= 11 is 0. The number of benzene rings is 1. The Kier molecular flexibility index (Phi) is 5.42. The molecule has 0 aliphatic rings. The molecule has 0 aliphatic heterocycles. The molecule has 8 nitrogen and oxygen atoms in total. The van der Waals surface area contributed by atoms with Gasteiger partial charge in [0.1, 0.15) is 18.0 Å². The molecule has 0 bridgehead atoms.